The maximum Gasteiger partial charge on any atom is 0.279 e. The molecule has 0 aliphatic heterocycles. The summed E-state index contributed by atoms with van der Waals surface area (Å²) in [5, 5.41) is 0. The molecule has 1 amide bonds. The summed E-state index contributed by atoms with van der Waals surface area (Å²) in [6.07, 6.45) is 1.18. The largest absolute Gasteiger partial charge is 0.380 e. The van der Waals surface area contributed by atoms with E-state index in [4.69, 9.17) is 4.74 Å². The number of aromatic nitrogens is 1. The van der Waals surface area contributed by atoms with E-state index in [2.05, 4.69) is 4.99 Å². The van der Waals surface area contributed by atoms with Gasteiger partial charge in [-0.1, -0.05) is 29.0 Å². The van der Waals surface area contributed by atoms with Crippen LogP contribution in [0, 0.1) is 6.92 Å². The van der Waals surface area contributed by atoms with Crippen LogP contribution in [0.3, 0.4) is 0 Å². The molecule has 3 aromatic rings. The first-order valence-corrected chi connectivity index (χ1v) is 11.6. The smallest absolute Gasteiger partial charge is 0.279 e. The van der Waals surface area contributed by atoms with Crippen LogP contribution in [0.15, 0.2) is 52.4 Å². The number of benzene rings is 2. The van der Waals surface area contributed by atoms with Crippen LogP contribution in [-0.2, 0) is 21.1 Å². The Hall–Kier alpha value is -2.29. The normalized spacial score (nSPS) is 12.6. The minimum Gasteiger partial charge on any atom is -0.380 e. The second-order valence-electron chi connectivity index (χ2n) is 6.42. The molecule has 6 nitrogen and oxygen atoms in total. The molecule has 0 atom stereocenters. The molecular weight excluding hydrogens is 396 g/mol. The van der Waals surface area contributed by atoms with Gasteiger partial charge in [0.05, 0.1) is 21.7 Å². The molecule has 0 aliphatic carbocycles. The highest BCUT2D eigenvalue weighted by molar-refractivity contribution is 7.90. The molecule has 0 saturated heterocycles. The van der Waals surface area contributed by atoms with Gasteiger partial charge in [0.2, 0.25) is 0 Å². The number of amides is 1. The fourth-order valence-corrected chi connectivity index (χ4v) is 4.63. The number of ether oxygens (including phenoxy) is 1. The summed E-state index contributed by atoms with van der Waals surface area (Å²) in [5.41, 5.74) is 2.33. The Bertz CT molecular complexity index is 1190. The van der Waals surface area contributed by atoms with Gasteiger partial charge in [-0.3, -0.25) is 4.79 Å². The van der Waals surface area contributed by atoms with Crippen molar-refractivity contribution in [3.8, 4) is 0 Å². The molecule has 2 aromatic carbocycles. The van der Waals surface area contributed by atoms with Crippen molar-refractivity contribution in [3.05, 3.63) is 58.4 Å². The Morgan fingerprint density at radius 2 is 2.00 bits per heavy atom. The lowest BCUT2D eigenvalue weighted by Crippen LogP contribution is -2.19. The van der Waals surface area contributed by atoms with Gasteiger partial charge in [0.15, 0.2) is 14.6 Å². The van der Waals surface area contributed by atoms with E-state index < -0.39 is 9.84 Å². The van der Waals surface area contributed by atoms with Crippen LogP contribution in [0.5, 0.6) is 0 Å². The zero-order chi connectivity index (χ0) is 20.3. The molecule has 148 valence electrons. The lowest BCUT2D eigenvalue weighted by Gasteiger charge is -2.06. The first kappa shape index (κ1) is 20.4. The monoisotopic (exact) mass is 418 g/mol. The van der Waals surface area contributed by atoms with Crippen LogP contribution in [0.2, 0.25) is 0 Å². The molecule has 0 unspecified atom stereocenters. The number of nitrogens with zero attached hydrogens (tertiary/aromatic N) is 2. The topological polar surface area (TPSA) is 77.7 Å². The maximum atomic E-state index is 12.7. The number of thiazole rings is 1. The second-order valence-corrected chi connectivity index (χ2v) is 9.45. The molecular formula is C20H22N2O4S2. The third-order valence-electron chi connectivity index (χ3n) is 4.21. The third-order valence-corrected chi connectivity index (χ3v) is 6.36. The van der Waals surface area contributed by atoms with Gasteiger partial charge >= 0.3 is 0 Å². The van der Waals surface area contributed by atoms with Crippen LogP contribution in [0.4, 0.5) is 0 Å². The van der Waals surface area contributed by atoms with Crippen molar-refractivity contribution >= 4 is 37.3 Å². The lowest BCUT2D eigenvalue weighted by molar-refractivity contribution is 0.0996. The minimum atomic E-state index is -3.31. The summed E-state index contributed by atoms with van der Waals surface area (Å²) in [7, 11) is -3.31. The third kappa shape index (κ3) is 4.57. The van der Waals surface area contributed by atoms with E-state index >= 15 is 0 Å². The average molecular weight is 419 g/mol. The van der Waals surface area contributed by atoms with Crippen LogP contribution < -0.4 is 4.80 Å². The van der Waals surface area contributed by atoms with Crippen molar-refractivity contribution in [1.29, 1.82) is 0 Å². The van der Waals surface area contributed by atoms with Crippen LogP contribution in [0.25, 0.3) is 10.2 Å². The summed E-state index contributed by atoms with van der Waals surface area (Å²) >= 11 is 1.29. The molecule has 3 rings (SSSR count). The Kier molecular flexibility index (Phi) is 6.12. The van der Waals surface area contributed by atoms with E-state index in [9.17, 15) is 13.2 Å². The van der Waals surface area contributed by atoms with Gasteiger partial charge in [-0.2, -0.15) is 4.99 Å². The summed E-state index contributed by atoms with van der Waals surface area (Å²) in [6.45, 7) is 5.43. The number of carbonyl (C=O) groups excluding carboxylic acids is 1. The van der Waals surface area contributed by atoms with Crippen LogP contribution in [0.1, 0.15) is 22.8 Å². The number of hydrogen-bond acceptors (Lipinski definition) is 5. The maximum absolute atomic E-state index is 12.7. The second kappa shape index (κ2) is 8.38. The summed E-state index contributed by atoms with van der Waals surface area (Å²) in [4.78, 5) is 17.7. The fraction of sp³-hybridized carbons (Fsp3) is 0.300. The highest BCUT2D eigenvalue weighted by atomic mass is 32.2. The van der Waals surface area contributed by atoms with Gasteiger partial charge in [0.1, 0.15) is 0 Å². The predicted molar refractivity (Wildman–Crippen MR) is 110 cm³/mol. The average Bonchev–Trinajstić information content (AvgIpc) is 2.97. The molecule has 28 heavy (non-hydrogen) atoms. The molecule has 0 spiro atoms. The Labute approximate surface area is 168 Å². The summed E-state index contributed by atoms with van der Waals surface area (Å²) < 4.78 is 31.9. The minimum absolute atomic E-state index is 0.245. The number of carbonyl (C=O) groups is 1. The van der Waals surface area contributed by atoms with Crippen LogP contribution in [-0.4, -0.2) is 38.4 Å². The molecule has 1 aromatic heterocycles. The van der Waals surface area contributed by atoms with E-state index in [1.165, 1.54) is 17.6 Å². The van der Waals surface area contributed by atoms with E-state index in [0.717, 1.165) is 15.8 Å². The lowest BCUT2D eigenvalue weighted by atomic mass is 10.1. The first-order chi connectivity index (χ1) is 13.3. The molecule has 8 heteroatoms. The highest BCUT2D eigenvalue weighted by Crippen LogP contribution is 2.22. The number of fused-ring (bicyclic) bond motifs is 1. The Morgan fingerprint density at radius 1 is 1.21 bits per heavy atom. The molecule has 0 N–H and O–H groups in total. The van der Waals surface area contributed by atoms with Gasteiger partial charge in [0.25, 0.3) is 5.91 Å². The standard InChI is InChI=1S/C20H22N2O4S2/c1-4-26-11-10-22-17-9-8-16(28(3,24)25)13-18(17)27-20(22)21-19(23)15-7-5-6-14(2)12-15/h5-9,12-13H,4,10-11H2,1-3H3. The predicted octanol–water partition coefficient (Wildman–Crippen LogP) is 3.19. The Morgan fingerprint density at radius 3 is 2.68 bits per heavy atom. The van der Waals surface area contributed by atoms with Crippen molar-refractivity contribution < 1.29 is 17.9 Å². The van der Waals surface area contributed by atoms with E-state index in [1.807, 2.05) is 30.5 Å². The molecule has 1 heterocycles. The van der Waals surface area contributed by atoms with Gasteiger partial charge < -0.3 is 9.30 Å². The van der Waals surface area contributed by atoms with E-state index in [-0.39, 0.29) is 10.8 Å². The quantitative estimate of drug-likeness (QED) is 0.576. The molecule has 0 bridgehead atoms. The first-order valence-electron chi connectivity index (χ1n) is 8.86. The van der Waals surface area contributed by atoms with Crippen molar-refractivity contribution in [2.75, 3.05) is 19.5 Å². The summed E-state index contributed by atoms with van der Waals surface area (Å²) in [5.74, 6) is -0.330. The fourth-order valence-electron chi connectivity index (χ4n) is 2.82. The Balaban J connectivity index is 2.13. The SMILES string of the molecule is CCOCCn1c(=NC(=O)c2cccc(C)c2)sc2cc(S(C)(=O)=O)ccc21. The zero-order valence-corrected chi connectivity index (χ0v) is 17.6. The molecule has 0 saturated carbocycles. The summed E-state index contributed by atoms with van der Waals surface area (Å²) in [6, 6.07) is 12.2. The number of hydrogen-bond donors (Lipinski definition) is 0. The number of aryl methyl sites for hydroxylation is 1. The zero-order valence-electron chi connectivity index (χ0n) is 16.0. The van der Waals surface area contributed by atoms with E-state index in [0.29, 0.717) is 30.1 Å². The number of rotatable bonds is 6. The molecule has 0 radical (unpaired) electrons. The van der Waals surface area contributed by atoms with Crippen molar-refractivity contribution in [2.45, 2.75) is 25.3 Å². The van der Waals surface area contributed by atoms with Crippen molar-refractivity contribution in [3.63, 3.8) is 0 Å². The van der Waals surface area contributed by atoms with Crippen molar-refractivity contribution in [1.82, 2.24) is 4.57 Å². The molecule has 0 fully saturated rings. The van der Waals surface area contributed by atoms with Gasteiger partial charge in [0, 0.05) is 25.0 Å². The number of sulfone groups is 1. The van der Waals surface area contributed by atoms with E-state index in [1.54, 1.807) is 30.3 Å². The van der Waals surface area contributed by atoms with Crippen LogP contribution >= 0.6 is 11.3 Å². The van der Waals surface area contributed by atoms with Crippen molar-refractivity contribution in [2.24, 2.45) is 4.99 Å². The highest BCUT2D eigenvalue weighted by Gasteiger charge is 2.13. The van der Waals surface area contributed by atoms with Gasteiger partial charge in [-0.25, -0.2) is 8.42 Å². The molecule has 0 aliphatic rings. The van der Waals surface area contributed by atoms with Gasteiger partial charge in [-0.15, -0.1) is 0 Å². The van der Waals surface area contributed by atoms with Gasteiger partial charge in [-0.05, 0) is 44.2 Å².